The molecule has 0 saturated carbocycles. The van der Waals surface area contributed by atoms with Gasteiger partial charge in [0.2, 0.25) is 0 Å². The van der Waals surface area contributed by atoms with Gasteiger partial charge in [-0.25, -0.2) is 0 Å². The third kappa shape index (κ3) is 4.01. The molecule has 0 heterocycles. The molecule has 0 aliphatic heterocycles. The van der Waals surface area contributed by atoms with Crippen molar-refractivity contribution in [2.24, 2.45) is 5.84 Å². The monoisotopic (exact) mass is 126 g/mol. The lowest BCUT2D eigenvalue weighted by molar-refractivity contribution is 0.487. The molecular weight excluding hydrogens is 112 g/mol. The van der Waals surface area contributed by atoms with E-state index in [1.165, 1.54) is 0 Å². The van der Waals surface area contributed by atoms with Gasteiger partial charge in [0.25, 0.3) is 0 Å². The van der Waals surface area contributed by atoms with Crippen molar-refractivity contribution in [3.63, 3.8) is 0 Å². The van der Waals surface area contributed by atoms with Crippen molar-refractivity contribution in [3.05, 3.63) is 0 Å². The van der Waals surface area contributed by atoms with Crippen molar-refractivity contribution >= 4 is 0 Å². The van der Waals surface area contributed by atoms with E-state index in [0.717, 1.165) is 19.3 Å². The van der Waals surface area contributed by atoms with Crippen molar-refractivity contribution in [2.75, 3.05) is 0 Å². The van der Waals surface area contributed by atoms with Crippen LogP contribution in [-0.2, 0) is 0 Å². The second kappa shape index (κ2) is 5.61. The smallest absolute Gasteiger partial charge is 0.0217 e. The van der Waals surface area contributed by atoms with Crippen LogP contribution in [0.15, 0.2) is 0 Å². The molecule has 9 heavy (non-hydrogen) atoms. The van der Waals surface area contributed by atoms with E-state index >= 15 is 0 Å². The highest BCUT2D eigenvalue weighted by molar-refractivity contribution is 4.84. The van der Waals surface area contributed by atoms with Crippen LogP contribution < -0.4 is 11.3 Å². The van der Waals surface area contributed by atoms with Crippen molar-refractivity contribution in [1.82, 2.24) is 5.43 Å². The molecule has 52 valence electrons. The fourth-order valence-corrected chi connectivity index (χ4v) is 0.663. The molecule has 2 nitrogen and oxygen atoms in total. The molecule has 0 aromatic heterocycles. The van der Waals surface area contributed by atoms with Gasteiger partial charge in [-0.1, -0.05) is 6.92 Å². The third-order valence-electron chi connectivity index (χ3n) is 1.37. The van der Waals surface area contributed by atoms with E-state index in [2.05, 4.69) is 18.3 Å². The summed E-state index contributed by atoms with van der Waals surface area (Å²) in [6.07, 6.45) is 7.89. The fourth-order valence-electron chi connectivity index (χ4n) is 0.663. The normalized spacial score (nSPS) is 12.6. The largest absolute Gasteiger partial charge is 0.271 e. The Morgan fingerprint density at radius 2 is 2.44 bits per heavy atom. The highest BCUT2D eigenvalue weighted by Crippen LogP contribution is 1.97. The molecule has 0 fully saturated rings. The van der Waals surface area contributed by atoms with Crippen molar-refractivity contribution < 1.29 is 0 Å². The fraction of sp³-hybridized carbons (Fsp3) is 0.714. The lowest BCUT2D eigenvalue weighted by Crippen LogP contribution is -2.34. The van der Waals surface area contributed by atoms with Crippen LogP contribution >= 0.6 is 0 Å². The van der Waals surface area contributed by atoms with Crippen LogP contribution in [0.5, 0.6) is 0 Å². The maximum atomic E-state index is 5.21. The maximum absolute atomic E-state index is 5.21. The summed E-state index contributed by atoms with van der Waals surface area (Å²) >= 11 is 0. The van der Waals surface area contributed by atoms with Crippen LogP contribution in [0.1, 0.15) is 26.2 Å². The molecule has 0 spiro atoms. The number of hydrogen-bond acceptors (Lipinski definition) is 2. The van der Waals surface area contributed by atoms with Gasteiger partial charge in [-0.15, -0.1) is 12.3 Å². The van der Waals surface area contributed by atoms with E-state index in [4.69, 9.17) is 12.3 Å². The van der Waals surface area contributed by atoms with E-state index < -0.39 is 0 Å². The van der Waals surface area contributed by atoms with Crippen LogP contribution in [0.4, 0.5) is 0 Å². The summed E-state index contributed by atoms with van der Waals surface area (Å²) in [7, 11) is 0. The Balaban J connectivity index is 3.22. The van der Waals surface area contributed by atoms with E-state index in [1.807, 2.05) is 0 Å². The summed E-state index contributed by atoms with van der Waals surface area (Å²) in [4.78, 5) is 0. The predicted molar refractivity (Wildman–Crippen MR) is 39.5 cm³/mol. The summed E-state index contributed by atoms with van der Waals surface area (Å²) in [6, 6.07) is 0.390. The number of hydrogen-bond donors (Lipinski definition) is 2. The van der Waals surface area contributed by atoms with Crippen LogP contribution in [0.2, 0.25) is 0 Å². The lowest BCUT2D eigenvalue weighted by atomic mass is 10.1. The molecule has 0 aliphatic carbocycles. The first-order chi connectivity index (χ1) is 4.35. The maximum Gasteiger partial charge on any atom is 0.0217 e. The third-order valence-corrected chi connectivity index (χ3v) is 1.37. The molecule has 0 aliphatic rings. The highest BCUT2D eigenvalue weighted by Gasteiger charge is 1.99. The van der Waals surface area contributed by atoms with Crippen LogP contribution in [0.3, 0.4) is 0 Å². The summed E-state index contributed by atoms with van der Waals surface area (Å²) in [5.74, 6) is 7.78. The van der Waals surface area contributed by atoms with E-state index in [-0.39, 0.29) is 0 Å². The molecule has 0 rings (SSSR count). The Morgan fingerprint density at radius 3 is 2.78 bits per heavy atom. The van der Waals surface area contributed by atoms with Gasteiger partial charge >= 0.3 is 0 Å². The first-order valence-electron chi connectivity index (χ1n) is 3.24. The van der Waals surface area contributed by atoms with Gasteiger partial charge in [0.05, 0.1) is 0 Å². The highest BCUT2D eigenvalue weighted by atomic mass is 15.2. The zero-order valence-corrected chi connectivity index (χ0v) is 5.85. The molecule has 1 atom stereocenters. The Kier molecular flexibility index (Phi) is 5.29. The second-order valence-corrected chi connectivity index (χ2v) is 2.01. The quantitative estimate of drug-likeness (QED) is 0.329. The minimum absolute atomic E-state index is 0.390. The average Bonchev–Trinajstić information content (AvgIpc) is 1.91. The number of hydrazine groups is 1. The molecule has 0 radical (unpaired) electrons. The zero-order valence-electron chi connectivity index (χ0n) is 5.85. The molecule has 1 unspecified atom stereocenters. The van der Waals surface area contributed by atoms with Gasteiger partial charge in [0, 0.05) is 12.5 Å². The molecule has 0 aromatic carbocycles. The summed E-state index contributed by atoms with van der Waals surface area (Å²) in [5.41, 5.74) is 2.69. The molecule has 0 amide bonds. The van der Waals surface area contributed by atoms with Gasteiger partial charge in [-0.3, -0.25) is 11.3 Å². The van der Waals surface area contributed by atoms with E-state index in [1.54, 1.807) is 0 Å². The van der Waals surface area contributed by atoms with Gasteiger partial charge in [-0.05, 0) is 12.8 Å². The van der Waals surface area contributed by atoms with E-state index in [9.17, 15) is 0 Å². The molecule has 0 saturated heterocycles. The Labute approximate surface area is 56.8 Å². The molecule has 3 N–H and O–H groups in total. The van der Waals surface area contributed by atoms with Gasteiger partial charge in [0.1, 0.15) is 0 Å². The van der Waals surface area contributed by atoms with Crippen LogP contribution in [0.25, 0.3) is 0 Å². The summed E-state index contributed by atoms with van der Waals surface area (Å²) < 4.78 is 0. The van der Waals surface area contributed by atoms with Gasteiger partial charge in [-0.2, -0.15) is 0 Å². The average molecular weight is 126 g/mol. The number of rotatable bonds is 4. The standard InChI is InChI=1S/C7H14N2/c1-3-5-6-7(4-2)9-8/h1,7,9H,4-6,8H2,2H3. The topological polar surface area (TPSA) is 38.0 Å². The first kappa shape index (κ1) is 8.48. The second-order valence-electron chi connectivity index (χ2n) is 2.01. The number of terminal acetylenes is 1. The van der Waals surface area contributed by atoms with Crippen LogP contribution in [0, 0.1) is 12.3 Å². The van der Waals surface area contributed by atoms with Gasteiger partial charge < -0.3 is 0 Å². The predicted octanol–water partition coefficient (Wildman–Crippen LogP) is 0.642. The Bertz CT molecular complexity index is 89.6. The summed E-state index contributed by atoms with van der Waals surface area (Å²) in [5, 5.41) is 0. The van der Waals surface area contributed by atoms with Crippen molar-refractivity contribution in [3.8, 4) is 12.3 Å². The van der Waals surface area contributed by atoms with Crippen molar-refractivity contribution in [1.29, 1.82) is 0 Å². The Hall–Kier alpha value is -0.520. The van der Waals surface area contributed by atoms with Crippen molar-refractivity contribution in [2.45, 2.75) is 32.2 Å². The molecule has 2 heteroatoms. The summed E-state index contributed by atoms with van der Waals surface area (Å²) in [6.45, 7) is 2.08. The number of nitrogens with one attached hydrogen (secondary N) is 1. The Morgan fingerprint density at radius 1 is 1.78 bits per heavy atom. The lowest BCUT2D eigenvalue weighted by Gasteiger charge is -2.09. The first-order valence-corrected chi connectivity index (χ1v) is 3.24. The minimum atomic E-state index is 0.390. The SMILES string of the molecule is C#CCCC(CC)NN. The minimum Gasteiger partial charge on any atom is -0.271 e. The zero-order chi connectivity index (χ0) is 7.11. The molecule has 0 bridgehead atoms. The molecular formula is C7H14N2. The molecule has 0 aromatic rings. The van der Waals surface area contributed by atoms with E-state index in [0.29, 0.717) is 6.04 Å². The van der Waals surface area contributed by atoms with Gasteiger partial charge in [0.15, 0.2) is 0 Å². The number of nitrogens with two attached hydrogens (primary N) is 1. The van der Waals surface area contributed by atoms with Crippen LogP contribution in [-0.4, -0.2) is 6.04 Å².